The van der Waals surface area contributed by atoms with E-state index < -0.39 is 0 Å². The van der Waals surface area contributed by atoms with Crippen LogP contribution in [0.2, 0.25) is 0 Å². The summed E-state index contributed by atoms with van der Waals surface area (Å²) in [6.07, 6.45) is 2.53. The summed E-state index contributed by atoms with van der Waals surface area (Å²) < 4.78 is 5.62. The fourth-order valence-electron chi connectivity index (χ4n) is 2.95. The van der Waals surface area contributed by atoms with Crippen LogP contribution in [0, 0.1) is 12.8 Å². The number of nitrogens with zero attached hydrogens (tertiary/aromatic N) is 2. The second-order valence-corrected chi connectivity index (χ2v) is 6.79. The first kappa shape index (κ1) is 15.2. The highest BCUT2D eigenvalue weighted by Crippen LogP contribution is 2.28. The number of oxazole rings is 1. The first-order chi connectivity index (χ1) is 10.6. The van der Waals surface area contributed by atoms with E-state index in [4.69, 9.17) is 4.42 Å². The largest absolute Gasteiger partial charge is 0.440 e. The molecule has 5 nitrogen and oxygen atoms in total. The average Bonchev–Trinajstić information content (AvgIpc) is 3.20. The maximum Gasteiger partial charge on any atom is 0.275 e. The molecular formula is C16H20N2O3S. The third-order valence-corrected chi connectivity index (χ3v) is 5.06. The molecule has 1 aliphatic carbocycles. The van der Waals surface area contributed by atoms with Crippen LogP contribution in [0.3, 0.4) is 0 Å². The Hall–Kier alpha value is -1.66. The molecule has 1 N–H and O–H groups in total. The summed E-state index contributed by atoms with van der Waals surface area (Å²) in [4.78, 5) is 19.5. The molecule has 1 amide bonds. The molecule has 1 aliphatic rings. The number of thiophene rings is 1. The van der Waals surface area contributed by atoms with Crippen molar-refractivity contribution in [2.75, 3.05) is 13.6 Å². The van der Waals surface area contributed by atoms with Gasteiger partial charge in [0.1, 0.15) is 5.76 Å². The number of rotatable bonds is 4. The average molecular weight is 320 g/mol. The van der Waals surface area contributed by atoms with Crippen molar-refractivity contribution >= 4 is 17.2 Å². The van der Waals surface area contributed by atoms with Crippen LogP contribution in [0.5, 0.6) is 0 Å². The number of carbonyl (C=O) groups is 1. The molecule has 1 fully saturated rings. The number of aryl methyl sites for hydroxylation is 1. The zero-order valence-corrected chi connectivity index (χ0v) is 13.6. The lowest BCUT2D eigenvalue weighted by Gasteiger charge is -2.22. The number of carbonyl (C=O) groups excluding carboxylic acids is 1. The Morgan fingerprint density at radius 1 is 1.55 bits per heavy atom. The van der Waals surface area contributed by atoms with Gasteiger partial charge in [0.05, 0.1) is 11.0 Å². The number of aromatic nitrogens is 1. The molecule has 0 aromatic carbocycles. The van der Waals surface area contributed by atoms with Gasteiger partial charge >= 0.3 is 0 Å². The first-order valence-electron chi connectivity index (χ1n) is 7.51. The summed E-state index contributed by atoms with van der Waals surface area (Å²) >= 11 is 1.53. The van der Waals surface area contributed by atoms with Crippen molar-refractivity contribution in [3.8, 4) is 10.8 Å². The zero-order chi connectivity index (χ0) is 15.7. The van der Waals surface area contributed by atoms with E-state index >= 15 is 0 Å². The number of hydrogen-bond donors (Lipinski definition) is 1. The Morgan fingerprint density at radius 3 is 3.00 bits per heavy atom. The highest BCUT2D eigenvalue weighted by Gasteiger charge is 2.29. The molecule has 2 heterocycles. The predicted molar refractivity (Wildman–Crippen MR) is 84.9 cm³/mol. The van der Waals surface area contributed by atoms with Gasteiger partial charge in [0.25, 0.3) is 5.91 Å². The van der Waals surface area contributed by atoms with Crippen LogP contribution in [-0.4, -0.2) is 40.6 Å². The van der Waals surface area contributed by atoms with Crippen molar-refractivity contribution in [1.29, 1.82) is 0 Å². The number of amides is 1. The zero-order valence-electron chi connectivity index (χ0n) is 12.8. The van der Waals surface area contributed by atoms with Crippen molar-refractivity contribution in [3.05, 3.63) is 29.0 Å². The lowest BCUT2D eigenvalue weighted by Crippen LogP contribution is -2.35. The van der Waals surface area contributed by atoms with Crippen molar-refractivity contribution in [3.63, 3.8) is 0 Å². The summed E-state index contributed by atoms with van der Waals surface area (Å²) in [5.74, 6) is 1.04. The minimum absolute atomic E-state index is 0.150. The standard InChI is InChI=1S/C16H20N2O3S/c1-10-14(17-15(21-10)13-7-4-8-22-13)16(20)18(2)9-11-5-3-6-12(11)19/h4,7-8,11-12,19H,3,5-6,9H2,1-2H3/t11-,12+/m0/s1. The molecule has 0 aliphatic heterocycles. The molecule has 2 aromatic rings. The van der Waals surface area contributed by atoms with Gasteiger partial charge in [-0.3, -0.25) is 4.79 Å². The molecule has 2 aromatic heterocycles. The lowest BCUT2D eigenvalue weighted by molar-refractivity contribution is 0.0687. The maximum absolute atomic E-state index is 12.6. The number of hydrogen-bond acceptors (Lipinski definition) is 5. The van der Waals surface area contributed by atoms with E-state index in [0.717, 1.165) is 24.1 Å². The van der Waals surface area contributed by atoms with Crippen LogP contribution >= 0.6 is 11.3 Å². The molecule has 22 heavy (non-hydrogen) atoms. The Kier molecular flexibility index (Phi) is 4.31. The molecule has 3 rings (SSSR count). The smallest absolute Gasteiger partial charge is 0.275 e. The number of aliphatic hydroxyl groups excluding tert-OH is 1. The van der Waals surface area contributed by atoms with Gasteiger partial charge in [0.2, 0.25) is 5.89 Å². The van der Waals surface area contributed by atoms with E-state index in [-0.39, 0.29) is 17.9 Å². The topological polar surface area (TPSA) is 66.6 Å². The first-order valence-corrected chi connectivity index (χ1v) is 8.39. The van der Waals surface area contributed by atoms with Gasteiger partial charge < -0.3 is 14.4 Å². The minimum atomic E-state index is -0.296. The van der Waals surface area contributed by atoms with Crippen LogP contribution < -0.4 is 0 Å². The van der Waals surface area contributed by atoms with Crippen molar-refractivity contribution in [2.24, 2.45) is 5.92 Å². The third kappa shape index (κ3) is 2.94. The van der Waals surface area contributed by atoms with Crippen molar-refractivity contribution in [1.82, 2.24) is 9.88 Å². The van der Waals surface area contributed by atoms with Crippen LogP contribution in [0.4, 0.5) is 0 Å². The van der Waals surface area contributed by atoms with Crippen LogP contribution in [0.1, 0.15) is 35.5 Å². The van der Waals surface area contributed by atoms with Crippen molar-refractivity contribution in [2.45, 2.75) is 32.3 Å². The summed E-state index contributed by atoms with van der Waals surface area (Å²) in [6, 6.07) is 3.84. The molecule has 0 saturated heterocycles. The third-order valence-electron chi connectivity index (χ3n) is 4.21. The second-order valence-electron chi connectivity index (χ2n) is 5.85. The fraction of sp³-hybridized carbons (Fsp3) is 0.500. The van der Waals surface area contributed by atoms with Gasteiger partial charge in [0.15, 0.2) is 5.69 Å². The van der Waals surface area contributed by atoms with Gasteiger partial charge in [-0.25, -0.2) is 4.98 Å². The Balaban J connectivity index is 1.74. The van der Waals surface area contributed by atoms with E-state index in [9.17, 15) is 9.90 Å². The molecule has 2 atom stereocenters. The highest BCUT2D eigenvalue weighted by molar-refractivity contribution is 7.13. The number of aliphatic hydroxyl groups is 1. The molecule has 0 unspecified atom stereocenters. The molecule has 0 spiro atoms. The molecule has 0 bridgehead atoms. The SMILES string of the molecule is Cc1oc(-c2cccs2)nc1C(=O)N(C)C[C@@H]1CCC[C@H]1O. The normalized spacial score (nSPS) is 21.2. The monoisotopic (exact) mass is 320 g/mol. The Labute approximate surface area is 133 Å². The Morgan fingerprint density at radius 2 is 2.36 bits per heavy atom. The second kappa shape index (κ2) is 6.22. The van der Waals surface area contributed by atoms with Gasteiger partial charge in [-0.05, 0) is 31.2 Å². The molecular weight excluding hydrogens is 300 g/mol. The lowest BCUT2D eigenvalue weighted by atomic mass is 10.1. The van der Waals surface area contributed by atoms with E-state index in [1.165, 1.54) is 11.3 Å². The Bertz CT molecular complexity index is 650. The molecule has 1 saturated carbocycles. The van der Waals surface area contributed by atoms with Crippen LogP contribution in [0.15, 0.2) is 21.9 Å². The predicted octanol–water partition coefficient (Wildman–Crippen LogP) is 2.94. The van der Waals surface area contributed by atoms with E-state index in [1.54, 1.807) is 18.9 Å². The van der Waals surface area contributed by atoms with Crippen molar-refractivity contribution < 1.29 is 14.3 Å². The summed E-state index contributed by atoms with van der Waals surface area (Å²) in [5.41, 5.74) is 0.360. The molecule has 0 radical (unpaired) electrons. The van der Waals surface area contributed by atoms with Crippen LogP contribution in [0.25, 0.3) is 10.8 Å². The fourth-order valence-corrected chi connectivity index (χ4v) is 3.60. The quantitative estimate of drug-likeness (QED) is 0.940. The molecule has 6 heteroatoms. The maximum atomic E-state index is 12.6. The van der Waals surface area contributed by atoms with E-state index in [1.807, 2.05) is 17.5 Å². The summed E-state index contributed by atoms with van der Waals surface area (Å²) in [6.45, 7) is 2.32. The van der Waals surface area contributed by atoms with Gasteiger partial charge in [-0.2, -0.15) is 0 Å². The summed E-state index contributed by atoms with van der Waals surface area (Å²) in [5, 5.41) is 11.9. The van der Waals surface area contributed by atoms with E-state index in [0.29, 0.717) is 23.9 Å². The highest BCUT2D eigenvalue weighted by atomic mass is 32.1. The van der Waals surface area contributed by atoms with Crippen LogP contribution in [-0.2, 0) is 0 Å². The van der Waals surface area contributed by atoms with Gasteiger partial charge in [-0.15, -0.1) is 11.3 Å². The van der Waals surface area contributed by atoms with E-state index in [2.05, 4.69) is 4.98 Å². The molecule has 118 valence electrons. The van der Waals surface area contributed by atoms with Gasteiger partial charge in [0, 0.05) is 19.5 Å². The minimum Gasteiger partial charge on any atom is -0.440 e. The summed E-state index contributed by atoms with van der Waals surface area (Å²) in [7, 11) is 1.76. The van der Waals surface area contributed by atoms with Gasteiger partial charge in [-0.1, -0.05) is 12.5 Å².